The smallest absolute Gasteiger partial charge is 0.361 e. The van der Waals surface area contributed by atoms with Crippen LogP contribution in [0.15, 0.2) is 42.5 Å². The average molecular weight is 386 g/mol. The molecule has 0 fully saturated rings. The van der Waals surface area contributed by atoms with Gasteiger partial charge in [0.1, 0.15) is 18.1 Å². The monoisotopic (exact) mass is 386 g/mol. The van der Waals surface area contributed by atoms with Crippen LogP contribution in [0, 0.1) is 15.9 Å². The maximum absolute atomic E-state index is 13.0. The van der Waals surface area contributed by atoms with Crippen molar-refractivity contribution in [1.82, 2.24) is 15.4 Å². The fraction of sp³-hybridized carbons (Fsp3) is 0.167. The Morgan fingerprint density at radius 3 is 2.64 bits per heavy atom. The molecule has 0 unspecified atom stereocenters. The topological polar surface area (TPSA) is 120 Å². The molecule has 28 heavy (non-hydrogen) atoms. The van der Waals surface area contributed by atoms with Gasteiger partial charge in [-0.25, -0.2) is 9.18 Å². The number of nitro groups is 1. The van der Waals surface area contributed by atoms with Crippen molar-refractivity contribution in [3.63, 3.8) is 0 Å². The number of benzene rings is 2. The van der Waals surface area contributed by atoms with Gasteiger partial charge in [0.25, 0.3) is 0 Å². The Morgan fingerprint density at radius 1 is 1.21 bits per heavy atom. The third kappa shape index (κ3) is 4.11. The molecule has 0 aliphatic heterocycles. The molecule has 0 radical (unpaired) electrons. The van der Waals surface area contributed by atoms with Crippen molar-refractivity contribution in [2.24, 2.45) is 0 Å². The summed E-state index contributed by atoms with van der Waals surface area (Å²) in [6, 6.07) is 9.76. The number of rotatable bonds is 7. The van der Waals surface area contributed by atoms with Crippen LogP contribution in [0.3, 0.4) is 0 Å². The van der Waals surface area contributed by atoms with Gasteiger partial charge in [-0.2, -0.15) is 10.3 Å². The Kier molecular flexibility index (Phi) is 5.58. The molecule has 9 nitrogen and oxygen atoms in total. The van der Waals surface area contributed by atoms with Crippen LogP contribution in [0.4, 0.5) is 10.1 Å². The quantitative estimate of drug-likeness (QED) is 0.376. The summed E-state index contributed by atoms with van der Waals surface area (Å²) in [7, 11) is 0. The van der Waals surface area contributed by atoms with E-state index in [9.17, 15) is 19.3 Å². The largest absolute Gasteiger partial charge is 0.482 e. The number of nitrogens with one attached hydrogen (secondary N) is 1. The highest BCUT2D eigenvalue weighted by molar-refractivity contribution is 5.94. The van der Waals surface area contributed by atoms with Gasteiger partial charge in [0.05, 0.1) is 11.5 Å². The summed E-state index contributed by atoms with van der Waals surface area (Å²) >= 11 is 0. The van der Waals surface area contributed by atoms with Gasteiger partial charge in [0, 0.05) is 11.6 Å². The Balaban J connectivity index is 1.88. The lowest BCUT2D eigenvalue weighted by Gasteiger charge is -2.08. The number of aromatic nitrogens is 3. The first kappa shape index (κ1) is 19.0. The summed E-state index contributed by atoms with van der Waals surface area (Å²) in [5, 5.41) is 21.4. The standard InChI is InChI=1S/C18H15FN4O5/c1-2-27-18(24)17-16(20-22-21-17)12-5-8-15(14(9-12)23(25)26)28-10-11-3-6-13(19)7-4-11/h3-9H,2,10H2,1H3,(H,20,21,22). The zero-order chi connectivity index (χ0) is 20.1. The first-order valence-corrected chi connectivity index (χ1v) is 8.23. The number of carbonyl (C=O) groups excluding carboxylic acids is 1. The zero-order valence-corrected chi connectivity index (χ0v) is 14.7. The Morgan fingerprint density at radius 2 is 1.96 bits per heavy atom. The summed E-state index contributed by atoms with van der Waals surface area (Å²) < 4.78 is 23.4. The van der Waals surface area contributed by atoms with Crippen LogP contribution < -0.4 is 4.74 Å². The molecular formula is C18H15FN4O5. The lowest BCUT2D eigenvalue weighted by Crippen LogP contribution is -2.07. The normalized spacial score (nSPS) is 10.5. The average Bonchev–Trinajstić information content (AvgIpc) is 3.17. The number of esters is 1. The SMILES string of the molecule is CCOC(=O)c1n[nH]nc1-c1ccc(OCc2ccc(F)cc2)c([N+](=O)[O-])c1. The summed E-state index contributed by atoms with van der Waals surface area (Å²) in [5.74, 6) is -1.05. The van der Waals surface area contributed by atoms with Gasteiger partial charge in [0.15, 0.2) is 11.4 Å². The van der Waals surface area contributed by atoms with E-state index in [-0.39, 0.29) is 41.9 Å². The van der Waals surface area contributed by atoms with E-state index in [2.05, 4.69) is 15.4 Å². The highest BCUT2D eigenvalue weighted by atomic mass is 19.1. The van der Waals surface area contributed by atoms with Gasteiger partial charge in [-0.1, -0.05) is 12.1 Å². The van der Waals surface area contributed by atoms with E-state index in [0.717, 1.165) is 0 Å². The van der Waals surface area contributed by atoms with E-state index in [1.165, 1.54) is 42.5 Å². The molecule has 1 heterocycles. The predicted octanol–water partition coefficient (Wildman–Crippen LogP) is 3.27. The lowest BCUT2D eigenvalue weighted by molar-refractivity contribution is -0.385. The van der Waals surface area contributed by atoms with Crippen LogP contribution in [0.5, 0.6) is 5.75 Å². The Bertz CT molecular complexity index is 1000. The molecule has 0 spiro atoms. The van der Waals surface area contributed by atoms with Crippen LogP contribution in [0.1, 0.15) is 23.0 Å². The molecule has 0 saturated heterocycles. The third-order valence-electron chi connectivity index (χ3n) is 3.75. The molecular weight excluding hydrogens is 371 g/mol. The lowest BCUT2D eigenvalue weighted by atomic mass is 10.1. The number of aromatic amines is 1. The minimum atomic E-state index is -0.689. The van der Waals surface area contributed by atoms with Crippen LogP contribution in [0.25, 0.3) is 11.3 Å². The minimum Gasteiger partial charge on any atom is -0.482 e. The van der Waals surface area contributed by atoms with Gasteiger partial charge < -0.3 is 9.47 Å². The van der Waals surface area contributed by atoms with Crippen LogP contribution in [0.2, 0.25) is 0 Å². The van der Waals surface area contributed by atoms with E-state index in [4.69, 9.17) is 9.47 Å². The van der Waals surface area contributed by atoms with Crippen molar-refractivity contribution in [2.75, 3.05) is 6.61 Å². The molecule has 144 valence electrons. The summed E-state index contributed by atoms with van der Waals surface area (Å²) in [6.07, 6.45) is 0. The fourth-order valence-electron chi connectivity index (χ4n) is 2.45. The van der Waals surface area contributed by atoms with Crippen LogP contribution in [-0.4, -0.2) is 32.9 Å². The van der Waals surface area contributed by atoms with Crippen molar-refractivity contribution in [2.45, 2.75) is 13.5 Å². The number of H-pyrrole nitrogens is 1. The van der Waals surface area contributed by atoms with E-state index in [0.29, 0.717) is 11.1 Å². The molecule has 0 bridgehead atoms. The molecule has 0 aliphatic rings. The third-order valence-corrected chi connectivity index (χ3v) is 3.75. The van der Waals surface area contributed by atoms with Crippen molar-refractivity contribution < 1.29 is 23.6 Å². The zero-order valence-electron chi connectivity index (χ0n) is 14.7. The first-order valence-electron chi connectivity index (χ1n) is 8.23. The summed E-state index contributed by atoms with van der Waals surface area (Å²) in [4.78, 5) is 22.8. The number of halogens is 1. The number of hydrogen-bond donors (Lipinski definition) is 1. The number of nitro benzene ring substituents is 1. The van der Waals surface area contributed by atoms with Crippen molar-refractivity contribution in [3.05, 3.63) is 69.7 Å². The fourth-order valence-corrected chi connectivity index (χ4v) is 2.45. The van der Waals surface area contributed by atoms with Gasteiger partial charge in [-0.15, -0.1) is 5.10 Å². The van der Waals surface area contributed by atoms with Gasteiger partial charge in [-0.3, -0.25) is 10.1 Å². The number of hydrogen-bond acceptors (Lipinski definition) is 7. The summed E-state index contributed by atoms with van der Waals surface area (Å²) in [5.41, 5.74) is 0.707. The number of carbonyl (C=O) groups is 1. The minimum absolute atomic E-state index is 0.0263. The molecule has 2 aromatic carbocycles. The van der Waals surface area contributed by atoms with Crippen molar-refractivity contribution in [3.8, 4) is 17.0 Å². The van der Waals surface area contributed by atoms with Gasteiger partial charge in [0.2, 0.25) is 0 Å². The maximum Gasteiger partial charge on any atom is 0.361 e. The summed E-state index contributed by atoms with van der Waals surface area (Å²) in [6.45, 7) is 1.83. The molecule has 0 aliphatic carbocycles. The molecule has 1 N–H and O–H groups in total. The first-order chi connectivity index (χ1) is 13.5. The molecule has 1 aromatic heterocycles. The van der Waals surface area contributed by atoms with E-state index in [1.807, 2.05) is 0 Å². The molecule has 0 saturated carbocycles. The molecule has 3 rings (SSSR count). The molecule has 0 atom stereocenters. The highest BCUT2D eigenvalue weighted by Gasteiger charge is 2.23. The Labute approximate surface area is 158 Å². The second-order valence-electron chi connectivity index (χ2n) is 5.60. The highest BCUT2D eigenvalue weighted by Crippen LogP contribution is 2.33. The second-order valence-corrected chi connectivity index (χ2v) is 5.60. The molecule has 0 amide bonds. The Hall–Kier alpha value is -3.82. The van der Waals surface area contributed by atoms with Gasteiger partial charge in [-0.05, 0) is 36.8 Å². The number of nitrogens with zero attached hydrogens (tertiary/aromatic N) is 3. The van der Waals surface area contributed by atoms with E-state index < -0.39 is 10.9 Å². The van der Waals surface area contributed by atoms with Crippen LogP contribution in [-0.2, 0) is 11.3 Å². The van der Waals surface area contributed by atoms with Crippen molar-refractivity contribution >= 4 is 11.7 Å². The maximum atomic E-state index is 13.0. The van der Waals surface area contributed by atoms with E-state index >= 15 is 0 Å². The second kappa shape index (κ2) is 8.25. The van der Waals surface area contributed by atoms with E-state index in [1.54, 1.807) is 6.92 Å². The molecule has 10 heteroatoms. The van der Waals surface area contributed by atoms with Crippen molar-refractivity contribution in [1.29, 1.82) is 0 Å². The van der Waals surface area contributed by atoms with Gasteiger partial charge >= 0.3 is 11.7 Å². The molecule has 3 aromatic rings. The predicted molar refractivity (Wildman–Crippen MR) is 95.2 cm³/mol. The van der Waals surface area contributed by atoms with Crippen LogP contribution >= 0.6 is 0 Å². The number of ether oxygens (including phenoxy) is 2.